The minimum Gasteiger partial charge on any atom is -0.394 e. The summed E-state index contributed by atoms with van der Waals surface area (Å²) >= 11 is 1.44. The van der Waals surface area contributed by atoms with Crippen LogP contribution in [0.5, 0.6) is 0 Å². The summed E-state index contributed by atoms with van der Waals surface area (Å²) in [6.07, 6.45) is 6.11. The summed E-state index contributed by atoms with van der Waals surface area (Å²) < 4.78 is 5.89. The number of aliphatic hydroxyl groups is 4. The lowest BCUT2D eigenvalue weighted by atomic mass is 9.66. The molecule has 144 valence electrons. The second kappa shape index (κ2) is 8.23. The van der Waals surface area contributed by atoms with E-state index in [9.17, 15) is 20.4 Å². The van der Waals surface area contributed by atoms with Gasteiger partial charge in [-0.15, -0.1) is 11.8 Å². The van der Waals surface area contributed by atoms with E-state index in [4.69, 9.17) is 4.74 Å². The molecule has 0 radical (unpaired) electrons. The Balaban J connectivity index is 2.74. The van der Waals surface area contributed by atoms with Crippen molar-refractivity contribution in [3.05, 3.63) is 0 Å². The summed E-state index contributed by atoms with van der Waals surface area (Å²) in [7, 11) is 0. The summed E-state index contributed by atoms with van der Waals surface area (Å²) in [6, 6.07) is 0. The molecule has 0 aliphatic carbocycles. The Bertz CT molecular complexity index is 397. The van der Waals surface area contributed by atoms with Gasteiger partial charge in [0.2, 0.25) is 0 Å². The molecule has 0 aromatic heterocycles. The third-order valence-corrected chi connectivity index (χ3v) is 7.39. The average Bonchev–Trinajstić information content (AvgIpc) is 2.50. The highest BCUT2D eigenvalue weighted by Crippen LogP contribution is 2.53. The lowest BCUT2D eigenvalue weighted by Crippen LogP contribution is -2.80. The first kappa shape index (κ1) is 22.2. The van der Waals surface area contributed by atoms with Crippen LogP contribution in [-0.4, -0.2) is 60.6 Å². The van der Waals surface area contributed by atoms with E-state index in [-0.39, 0.29) is 0 Å². The van der Waals surface area contributed by atoms with Crippen LogP contribution in [0.25, 0.3) is 0 Å². The maximum Gasteiger partial charge on any atom is 0.142 e. The van der Waals surface area contributed by atoms with Crippen molar-refractivity contribution < 1.29 is 25.2 Å². The van der Waals surface area contributed by atoms with E-state index in [0.717, 1.165) is 18.6 Å². The summed E-state index contributed by atoms with van der Waals surface area (Å²) in [5, 5.41) is 42.1. The second-order valence-electron chi connectivity index (χ2n) is 7.64. The molecule has 1 aliphatic heterocycles. The van der Waals surface area contributed by atoms with E-state index in [0.29, 0.717) is 0 Å². The fraction of sp³-hybridized carbons (Fsp3) is 1.00. The van der Waals surface area contributed by atoms with E-state index in [1.165, 1.54) is 58.2 Å². The Morgan fingerprint density at radius 2 is 1.42 bits per heavy atom. The van der Waals surface area contributed by atoms with Crippen molar-refractivity contribution >= 4 is 11.8 Å². The lowest BCUT2D eigenvalue weighted by molar-refractivity contribution is -0.349. The Morgan fingerprint density at radius 1 is 0.875 bits per heavy atom. The molecule has 1 heterocycles. The van der Waals surface area contributed by atoms with Gasteiger partial charge in [0.15, 0.2) is 0 Å². The topological polar surface area (TPSA) is 90.2 Å². The van der Waals surface area contributed by atoms with Crippen LogP contribution in [0.3, 0.4) is 0 Å². The number of unbranched alkanes of at least 4 members (excludes halogenated alkanes) is 5. The van der Waals surface area contributed by atoms with Gasteiger partial charge < -0.3 is 25.2 Å². The number of rotatable bonds is 9. The molecule has 0 aromatic rings. The molecule has 4 N–H and O–H groups in total. The summed E-state index contributed by atoms with van der Waals surface area (Å²) in [5.41, 5.74) is -5.26. The monoisotopic (exact) mass is 364 g/mol. The van der Waals surface area contributed by atoms with Crippen molar-refractivity contribution in [1.82, 2.24) is 0 Å². The number of hydrogen-bond acceptors (Lipinski definition) is 6. The molecule has 0 amide bonds. The van der Waals surface area contributed by atoms with Gasteiger partial charge in [0.1, 0.15) is 27.8 Å². The van der Waals surface area contributed by atoms with Crippen molar-refractivity contribution in [3.8, 4) is 0 Å². The quantitative estimate of drug-likeness (QED) is 0.470. The van der Waals surface area contributed by atoms with Crippen LogP contribution in [0.15, 0.2) is 0 Å². The highest BCUT2D eigenvalue weighted by Gasteiger charge is 2.70. The first-order valence-corrected chi connectivity index (χ1v) is 10.1. The number of aliphatic hydroxyl groups excluding tert-OH is 1. The molecular formula is C18H36O5S. The molecule has 5 nitrogen and oxygen atoms in total. The van der Waals surface area contributed by atoms with Crippen molar-refractivity contribution in [2.45, 2.75) is 101 Å². The minimum atomic E-state index is -1.82. The third kappa shape index (κ3) is 3.94. The van der Waals surface area contributed by atoms with E-state index >= 15 is 0 Å². The Hall–Kier alpha value is 0.150. The molecule has 1 saturated heterocycles. The molecule has 1 rings (SSSR count). The molecule has 1 fully saturated rings. The third-order valence-electron chi connectivity index (χ3n) is 5.85. The van der Waals surface area contributed by atoms with E-state index < -0.39 is 34.4 Å². The highest BCUT2D eigenvalue weighted by atomic mass is 32.2. The molecule has 0 bridgehead atoms. The normalized spacial score (nSPS) is 43.1. The fourth-order valence-corrected chi connectivity index (χ4v) is 4.69. The number of thioether (sulfide) groups is 1. The predicted molar refractivity (Wildman–Crippen MR) is 98.1 cm³/mol. The van der Waals surface area contributed by atoms with Crippen LogP contribution < -0.4 is 0 Å². The van der Waals surface area contributed by atoms with Gasteiger partial charge in [-0.2, -0.15) is 0 Å². The first-order chi connectivity index (χ1) is 11.0. The zero-order chi connectivity index (χ0) is 18.6. The van der Waals surface area contributed by atoms with Crippen molar-refractivity contribution in [3.63, 3.8) is 0 Å². The summed E-state index contributed by atoms with van der Waals surface area (Å²) in [4.78, 5) is -1.12. The molecule has 5 unspecified atom stereocenters. The van der Waals surface area contributed by atoms with Gasteiger partial charge in [0.25, 0.3) is 0 Å². The summed E-state index contributed by atoms with van der Waals surface area (Å²) in [6.45, 7) is 7.77. The SMILES string of the molecule is CCCCCCCCSC1(C)OC(CO)C(C)(O)C(C)(O)C1(C)O. The van der Waals surface area contributed by atoms with E-state index in [1.807, 2.05) is 0 Å². The van der Waals surface area contributed by atoms with E-state index in [1.54, 1.807) is 6.92 Å². The van der Waals surface area contributed by atoms with Gasteiger partial charge in [-0.25, -0.2) is 0 Å². The molecule has 6 heteroatoms. The van der Waals surface area contributed by atoms with Crippen LogP contribution in [0.2, 0.25) is 0 Å². The molecule has 24 heavy (non-hydrogen) atoms. The first-order valence-electron chi connectivity index (χ1n) is 9.07. The van der Waals surface area contributed by atoms with Crippen LogP contribution >= 0.6 is 11.8 Å². The Morgan fingerprint density at radius 3 is 1.96 bits per heavy atom. The molecule has 5 atom stereocenters. The van der Waals surface area contributed by atoms with Crippen molar-refractivity contribution in [2.75, 3.05) is 12.4 Å². The van der Waals surface area contributed by atoms with Gasteiger partial charge in [-0.3, -0.25) is 0 Å². The van der Waals surface area contributed by atoms with Crippen LogP contribution in [0.4, 0.5) is 0 Å². The Kier molecular flexibility index (Phi) is 7.61. The van der Waals surface area contributed by atoms with Crippen LogP contribution in [0.1, 0.15) is 73.1 Å². The summed E-state index contributed by atoms with van der Waals surface area (Å²) in [5.74, 6) is 0.787. The van der Waals surface area contributed by atoms with Gasteiger partial charge >= 0.3 is 0 Å². The second-order valence-corrected chi connectivity index (χ2v) is 9.12. The lowest BCUT2D eigenvalue weighted by Gasteiger charge is -2.61. The zero-order valence-corrected chi connectivity index (χ0v) is 16.7. The standard InChI is InChI=1S/C18H36O5S/c1-6-7-8-9-10-11-12-24-18(5)17(4,22)16(3,21)15(2,20)14(13-19)23-18/h14,19-22H,6-13H2,1-5H3. The van der Waals surface area contributed by atoms with E-state index in [2.05, 4.69) is 6.92 Å². The van der Waals surface area contributed by atoms with Gasteiger partial charge in [-0.1, -0.05) is 39.0 Å². The molecule has 0 aromatic carbocycles. The van der Waals surface area contributed by atoms with Crippen LogP contribution in [-0.2, 0) is 4.74 Å². The number of ether oxygens (including phenoxy) is 1. The molecule has 1 aliphatic rings. The molecule has 0 spiro atoms. The molecular weight excluding hydrogens is 328 g/mol. The highest BCUT2D eigenvalue weighted by molar-refractivity contribution is 8.00. The predicted octanol–water partition coefficient (Wildman–Crippen LogP) is 2.44. The smallest absolute Gasteiger partial charge is 0.142 e. The maximum atomic E-state index is 11.0. The maximum absolute atomic E-state index is 11.0. The fourth-order valence-electron chi connectivity index (χ4n) is 3.29. The van der Waals surface area contributed by atoms with Gasteiger partial charge in [0.05, 0.1) is 6.61 Å². The Labute approximate surface area is 150 Å². The van der Waals surface area contributed by atoms with Gasteiger partial charge in [0, 0.05) is 0 Å². The molecule has 0 saturated carbocycles. The number of hydrogen-bond donors (Lipinski definition) is 4. The van der Waals surface area contributed by atoms with Crippen molar-refractivity contribution in [1.29, 1.82) is 0 Å². The minimum absolute atomic E-state index is 0.424. The van der Waals surface area contributed by atoms with Gasteiger partial charge in [-0.05, 0) is 39.9 Å². The zero-order valence-electron chi connectivity index (χ0n) is 15.8. The largest absolute Gasteiger partial charge is 0.394 e. The average molecular weight is 365 g/mol. The van der Waals surface area contributed by atoms with Crippen molar-refractivity contribution in [2.24, 2.45) is 0 Å². The van der Waals surface area contributed by atoms with Crippen LogP contribution in [0, 0.1) is 0 Å².